The third-order valence-corrected chi connectivity index (χ3v) is 5.88. The maximum absolute atomic E-state index is 13.3. The predicted octanol–water partition coefficient (Wildman–Crippen LogP) is 3.26. The van der Waals surface area contributed by atoms with E-state index in [0.29, 0.717) is 21.8 Å². The zero-order chi connectivity index (χ0) is 30.2. The normalized spacial score (nSPS) is 14.6. The highest BCUT2D eigenvalue weighted by Gasteiger charge is 2.43. The number of aliphatic carboxylic acids is 1. The summed E-state index contributed by atoms with van der Waals surface area (Å²) in [6, 6.07) is 3.91. The van der Waals surface area contributed by atoms with Crippen molar-refractivity contribution in [2.75, 3.05) is 18.8 Å². The molecule has 15 heteroatoms. The Morgan fingerprint density at radius 3 is 2.56 bits per heavy atom. The molecule has 3 rings (SSSR count). The van der Waals surface area contributed by atoms with Gasteiger partial charge in [0.15, 0.2) is 18.3 Å². The highest BCUT2D eigenvalue weighted by atomic mass is 19.3. The maximum atomic E-state index is 13.3. The minimum atomic E-state index is -3.81. The Morgan fingerprint density at radius 1 is 1.15 bits per heavy atom. The first-order valence-corrected chi connectivity index (χ1v) is 12.5. The van der Waals surface area contributed by atoms with E-state index in [1.54, 1.807) is 26.0 Å². The number of fused-ring (bicyclic) bond motifs is 1. The number of carboxylic acids is 1. The van der Waals surface area contributed by atoms with Crippen molar-refractivity contribution in [1.82, 2.24) is 15.2 Å². The van der Waals surface area contributed by atoms with E-state index in [2.05, 4.69) is 25.1 Å². The van der Waals surface area contributed by atoms with E-state index in [-0.39, 0.29) is 50.2 Å². The summed E-state index contributed by atoms with van der Waals surface area (Å²) in [7, 11) is 0. The Kier molecular flexibility index (Phi) is 10.4. The van der Waals surface area contributed by atoms with Gasteiger partial charge in [-0.1, -0.05) is 19.9 Å². The SMILES string of the molecule is CC(C)C(=O)OCOCNc1cc(CCC(C(=O)O)N(C=O)C(=O)NC(C)c2ccc3c(c2)OC(F)(F)O3)ccn1. The standard InChI is InChI=1S/C26H30F2N4O9/c1-15(2)24(36)39-14-38-12-30-22-10-17(8-9-29-22)4-6-19(23(34)35)32(13-33)25(37)31-16(3)18-5-7-20-21(11-18)41-26(27,28)40-20/h5,7-11,13,15-16,19H,4,6,12,14H2,1-3H3,(H,29,30)(H,31,37)(H,34,35). The van der Waals surface area contributed by atoms with Gasteiger partial charge in [-0.15, -0.1) is 8.78 Å². The Balaban J connectivity index is 1.55. The van der Waals surface area contributed by atoms with E-state index in [4.69, 9.17) is 9.47 Å². The van der Waals surface area contributed by atoms with Crippen LogP contribution in [0.1, 0.15) is 44.4 Å². The molecule has 1 aromatic carbocycles. The molecule has 41 heavy (non-hydrogen) atoms. The molecule has 2 aromatic rings. The molecular formula is C26H30F2N4O9. The number of anilines is 1. The number of urea groups is 1. The topological polar surface area (TPSA) is 166 Å². The average molecular weight is 581 g/mol. The van der Waals surface area contributed by atoms with Crippen molar-refractivity contribution in [2.24, 2.45) is 5.92 Å². The van der Waals surface area contributed by atoms with Gasteiger partial charge in [0, 0.05) is 6.20 Å². The number of benzene rings is 1. The van der Waals surface area contributed by atoms with Crippen LogP contribution in [-0.2, 0) is 30.3 Å². The number of rotatable bonds is 14. The zero-order valence-electron chi connectivity index (χ0n) is 22.5. The van der Waals surface area contributed by atoms with Crippen molar-refractivity contribution in [2.45, 2.75) is 52.0 Å². The number of alkyl halides is 2. The number of nitrogens with one attached hydrogen (secondary N) is 2. The van der Waals surface area contributed by atoms with E-state index in [9.17, 15) is 33.1 Å². The fraction of sp³-hybridized carbons (Fsp3) is 0.423. The van der Waals surface area contributed by atoms with Gasteiger partial charge in [-0.3, -0.25) is 14.5 Å². The quantitative estimate of drug-likeness (QED) is 0.130. The van der Waals surface area contributed by atoms with Crippen molar-refractivity contribution < 1.29 is 52.0 Å². The third-order valence-electron chi connectivity index (χ3n) is 5.88. The number of carbonyl (C=O) groups excluding carboxylic acids is 3. The van der Waals surface area contributed by atoms with Gasteiger partial charge in [0.25, 0.3) is 0 Å². The number of esters is 1. The molecule has 0 spiro atoms. The fourth-order valence-electron chi connectivity index (χ4n) is 3.69. The number of hydrogen-bond donors (Lipinski definition) is 3. The van der Waals surface area contributed by atoms with Crippen LogP contribution in [-0.4, -0.2) is 65.2 Å². The molecule has 2 heterocycles. The van der Waals surface area contributed by atoms with Gasteiger partial charge in [-0.05, 0) is 55.2 Å². The largest absolute Gasteiger partial charge is 0.586 e. The van der Waals surface area contributed by atoms with Crippen molar-refractivity contribution in [3.63, 3.8) is 0 Å². The first kappa shape index (κ1) is 31.0. The summed E-state index contributed by atoms with van der Waals surface area (Å²) in [6.45, 7) is 4.66. The van der Waals surface area contributed by atoms with Crippen molar-refractivity contribution >= 4 is 30.2 Å². The highest BCUT2D eigenvalue weighted by molar-refractivity contribution is 5.91. The molecule has 0 aliphatic carbocycles. The van der Waals surface area contributed by atoms with Crippen LogP contribution in [0.4, 0.5) is 19.4 Å². The number of pyridine rings is 1. The van der Waals surface area contributed by atoms with Crippen LogP contribution in [0.5, 0.6) is 11.5 Å². The number of halogens is 2. The lowest BCUT2D eigenvalue weighted by molar-refractivity contribution is -0.286. The number of imide groups is 1. The minimum Gasteiger partial charge on any atom is -0.480 e. The summed E-state index contributed by atoms with van der Waals surface area (Å²) in [5, 5.41) is 15.1. The van der Waals surface area contributed by atoms with Crippen LogP contribution in [0.15, 0.2) is 36.5 Å². The molecule has 3 N–H and O–H groups in total. The number of carbonyl (C=O) groups is 4. The van der Waals surface area contributed by atoms with E-state index in [1.807, 2.05) is 0 Å². The molecule has 0 radical (unpaired) electrons. The maximum Gasteiger partial charge on any atom is 0.586 e. The summed E-state index contributed by atoms with van der Waals surface area (Å²) in [6.07, 6.45) is -2.15. The molecule has 0 bridgehead atoms. The van der Waals surface area contributed by atoms with Gasteiger partial charge in [-0.2, -0.15) is 0 Å². The van der Waals surface area contributed by atoms with E-state index in [0.717, 1.165) is 0 Å². The molecule has 0 saturated carbocycles. The molecular weight excluding hydrogens is 550 g/mol. The molecule has 2 atom stereocenters. The van der Waals surface area contributed by atoms with Crippen molar-refractivity contribution in [3.05, 3.63) is 47.7 Å². The number of aromatic nitrogens is 1. The van der Waals surface area contributed by atoms with Crippen LogP contribution in [0.2, 0.25) is 0 Å². The third kappa shape index (κ3) is 8.73. The number of amides is 3. The van der Waals surface area contributed by atoms with E-state index < -0.39 is 36.3 Å². The Morgan fingerprint density at radius 2 is 1.88 bits per heavy atom. The smallest absolute Gasteiger partial charge is 0.480 e. The van der Waals surface area contributed by atoms with Gasteiger partial charge in [0.1, 0.15) is 18.6 Å². The summed E-state index contributed by atoms with van der Waals surface area (Å²) >= 11 is 0. The fourth-order valence-corrected chi connectivity index (χ4v) is 3.69. The van der Waals surface area contributed by atoms with Crippen LogP contribution < -0.4 is 20.1 Å². The molecule has 13 nitrogen and oxygen atoms in total. The second kappa shape index (κ2) is 13.7. The highest BCUT2D eigenvalue weighted by Crippen LogP contribution is 2.42. The predicted molar refractivity (Wildman–Crippen MR) is 137 cm³/mol. The lowest BCUT2D eigenvalue weighted by atomic mass is 10.0. The van der Waals surface area contributed by atoms with Gasteiger partial charge < -0.3 is 34.7 Å². The minimum absolute atomic E-state index is 0.0113. The molecule has 0 saturated heterocycles. The van der Waals surface area contributed by atoms with Crippen LogP contribution in [0.3, 0.4) is 0 Å². The van der Waals surface area contributed by atoms with Gasteiger partial charge in [0.2, 0.25) is 6.41 Å². The number of carboxylic acid groups (broad SMARTS) is 1. The Labute approximate surface area is 233 Å². The number of aryl methyl sites for hydroxylation is 1. The van der Waals surface area contributed by atoms with Gasteiger partial charge in [-0.25, -0.2) is 14.6 Å². The molecule has 1 aliphatic rings. The first-order chi connectivity index (χ1) is 19.4. The molecule has 3 amide bonds. The first-order valence-electron chi connectivity index (χ1n) is 12.5. The zero-order valence-corrected chi connectivity index (χ0v) is 22.5. The number of nitrogens with zero attached hydrogens (tertiary/aromatic N) is 2. The number of ether oxygens (including phenoxy) is 4. The van der Waals surface area contributed by atoms with Gasteiger partial charge in [0.05, 0.1) is 12.0 Å². The number of hydrogen-bond acceptors (Lipinski definition) is 10. The monoisotopic (exact) mass is 580 g/mol. The van der Waals surface area contributed by atoms with E-state index in [1.165, 1.54) is 31.3 Å². The second-order valence-electron chi connectivity index (χ2n) is 9.26. The summed E-state index contributed by atoms with van der Waals surface area (Å²) in [5.74, 6) is -2.07. The molecule has 1 aromatic heterocycles. The summed E-state index contributed by atoms with van der Waals surface area (Å²) < 4.78 is 45.4. The van der Waals surface area contributed by atoms with Crippen LogP contribution >= 0.6 is 0 Å². The summed E-state index contributed by atoms with van der Waals surface area (Å²) in [4.78, 5) is 52.6. The molecule has 2 unspecified atom stereocenters. The van der Waals surface area contributed by atoms with Crippen molar-refractivity contribution in [3.8, 4) is 11.5 Å². The average Bonchev–Trinajstić information content (AvgIpc) is 3.23. The van der Waals surface area contributed by atoms with Crippen molar-refractivity contribution in [1.29, 1.82) is 0 Å². The van der Waals surface area contributed by atoms with Crippen LogP contribution in [0, 0.1) is 5.92 Å². The lowest BCUT2D eigenvalue weighted by Gasteiger charge is -2.25. The molecule has 0 fully saturated rings. The molecule has 1 aliphatic heterocycles. The molecule has 222 valence electrons. The lowest BCUT2D eigenvalue weighted by Crippen LogP contribution is -2.49. The van der Waals surface area contributed by atoms with Gasteiger partial charge >= 0.3 is 24.3 Å². The Hall–Kier alpha value is -4.53. The van der Waals surface area contributed by atoms with E-state index >= 15 is 0 Å². The summed E-state index contributed by atoms with van der Waals surface area (Å²) in [5.41, 5.74) is 1.02. The van der Waals surface area contributed by atoms with Crippen LogP contribution in [0.25, 0.3) is 0 Å². The second-order valence-corrected chi connectivity index (χ2v) is 9.26. The Bertz CT molecular complexity index is 1260.